The van der Waals surface area contributed by atoms with Crippen LogP contribution < -0.4 is 0 Å². The highest BCUT2D eigenvalue weighted by atomic mass is 16.5. The van der Waals surface area contributed by atoms with Gasteiger partial charge in [0.1, 0.15) is 6.29 Å². The van der Waals surface area contributed by atoms with Gasteiger partial charge in [0.2, 0.25) is 0 Å². The Hall–Kier alpha value is -1.23. The number of carbonyl (C=O) groups excluding carboxylic acids is 1. The third-order valence-corrected chi connectivity index (χ3v) is 4.58. The molecule has 4 heteroatoms. The van der Waals surface area contributed by atoms with E-state index in [1.165, 1.54) is 12.0 Å². The number of hydrogen-bond donors (Lipinski definition) is 0. The van der Waals surface area contributed by atoms with Gasteiger partial charge in [-0.1, -0.05) is 30.3 Å². The molecule has 1 aromatic rings. The van der Waals surface area contributed by atoms with E-state index in [0.29, 0.717) is 12.6 Å². The Bertz CT molecular complexity index is 451. The van der Waals surface area contributed by atoms with Gasteiger partial charge >= 0.3 is 0 Å². The third kappa shape index (κ3) is 3.70. The number of rotatable bonds is 5. The molecule has 0 bridgehead atoms. The van der Waals surface area contributed by atoms with Crippen molar-refractivity contribution in [1.82, 2.24) is 9.80 Å². The Morgan fingerprint density at radius 1 is 1.24 bits per heavy atom. The van der Waals surface area contributed by atoms with Gasteiger partial charge < -0.3 is 9.53 Å². The van der Waals surface area contributed by atoms with Crippen LogP contribution in [0.15, 0.2) is 30.3 Å². The molecule has 21 heavy (non-hydrogen) atoms. The maximum atomic E-state index is 10.8. The highest BCUT2D eigenvalue weighted by Gasteiger charge is 2.34. The molecule has 0 aromatic heterocycles. The van der Waals surface area contributed by atoms with Gasteiger partial charge in [0.15, 0.2) is 0 Å². The van der Waals surface area contributed by atoms with Crippen molar-refractivity contribution >= 4 is 6.29 Å². The second-order valence-electron chi connectivity index (χ2n) is 6.00. The standard InChI is InChI=1S/C17H24N2O2/c20-11-9-19-8-4-7-16(19)17-14-18(10-12-21-17)13-15-5-2-1-3-6-15/h1-3,5-6,11,16-17H,4,7-10,12-14H2. The molecule has 1 aromatic carbocycles. The molecular weight excluding hydrogens is 264 g/mol. The average Bonchev–Trinajstić information content (AvgIpc) is 2.97. The molecule has 0 amide bonds. The Kier molecular flexibility index (Phi) is 5.01. The summed E-state index contributed by atoms with van der Waals surface area (Å²) < 4.78 is 6.01. The molecule has 0 aliphatic carbocycles. The topological polar surface area (TPSA) is 32.8 Å². The summed E-state index contributed by atoms with van der Waals surface area (Å²) in [6.45, 7) is 5.32. The molecular formula is C17H24N2O2. The minimum Gasteiger partial charge on any atom is -0.374 e. The van der Waals surface area contributed by atoms with Crippen LogP contribution in [-0.4, -0.2) is 61.0 Å². The van der Waals surface area contributed by atoms with Crippen molar-refractivity contribution in [1.29, 1.82) is 0 Å². The quantitative estimate of drug-likeness (QED) is 0.770. The van der Waals surface area contributed by atoms with Crippen LogP contribution >= 0.6 is 0 Å². The molecule has 4 nitrogen and oxygen atoms in total. The predicted molar refractivity (Wildman–Crippen MR) is 82.1 cm³/mol. The van der Waals surface area contributed by atoms with E-state index in [0.717, 1.165) is 45.5 Å². The van der Waals surface area contributed by atoms with E-state index in [2.05, 4.69) is 40.1 Å². The van der Waals surface area contributed by atoms with E-state index in [1.807, 2.05) is 0 Å². The molecule has 2 saturated heterocycles. The lowest BCUT2D eigenvalue weighted by atomic mass is 10.1. The zero-order valence-electron chi connectivity index (χ0n) is 12.5. The summed E-state index contributed by atoms with van der Waals surface area (Å²) in [5, 5.41) is 0. The van der Waals surface area contributed by atoms with Gasteiger partial charge in [-0.25, -0.2) is 0 Å². The minimum absolute atomic E-state index is 0.241. The molecule has 2 fully saturated rings. The lowest BCUT2D eigenvalue weighted by Gasteiger charge is -2.38. The molecule has 3 rings (SSSR count). The summed E-state index contributed by atoms with van der Waals surface area (Å²) in [7, 11) is 0. The third-order valence-electron chi connectivity index (χ3n) is 4.58. The average molecular weight is 288 g/mol. The zero-order valence-corrected chi connectivity index (χ0v) is 12.5. The van der Waals surface area contributed by atoms with Crippen molar-refractivity contribution in [2.75, 3.05) is 32.8 Å². The summed E-state index contributed by atoms with van der Waals surface area (Å²) in [6, 6.07) is 11.0. The minimum atomic E-state index is 0.241. The van der Waals surface area contributed by atoms with Crippen LogP contribution in [0.2, 0.25) is 0 Å². The zero-order chi connectivity index (χ0) is 14.5. The van der Waals surface area contributed by atoms with Crippen LogP contribution in [0, 0.1) is 0 Å². The molecule has 2 heterocycles. The molecule has 2 aliphatic heterocycles. The molecule has 2 atom stereocenters. The number of carbonyl (C=O) groups is 1. The van der Waals surface area contributed by atoms with Crippen LogP contribution in [0.5, 0.6) is 0 Å². The van der Waals surface area contributed by atoms with Gasteiger partial charge in [0.05, 0.1) is 19.3 Å². The van der Waals surface area contributed by atoms with Gasteiger partial charge in [0.25, 0.3) is 0 Å². The van der Waals surface area contributed by atoms with E-state index in [-0.39, 0.29) is 6.10 Å². The van der Waals surface area contributed by atoms with Crippen LogP contribution in [0.3, 0.4) is 0 Å². The number of nitrogens with zero attached hydrogens (tertiary/aromatic N) is 2. The number of likely N-dealkylation sites (tertiary alicyclic amines) is 1. The first-order valence-electron chi connectivity index (χ1n) is 7.92. The van der Waals surface area contributed by atoms with Crippen molar-refractivity contribution in [3.05, 3.63) is 35.9 Å². The van der Waals surface area contributed by atoms with Crippen LogP contribution in [-0.2, 0) is 16.1 Å². The van der Waals surface area contributed by atoms with Crippen molar-refractivity contribution in [3.63, 3.8) is 0 Å². The highest BCUT2D eigenvalue weighted by Crippen LogP contribution is 2.24. The fraction of sp³-hybridized carbons (Fsp3) is 0.588. The maximum absolute atomic E-state index is 10.8. The molecule has 2 aliphatic rings. The van der Waals surface area contributed by atoms with E-state index in [9.17, 15) is 4.79 Å². The number of aldehydes is 1. The summed E-state index contributed by atoms with van der Waals surface area (Å²) in [6.07, 6.45) is 3.59. The van der Waals surface area contributed by atoms with E-state index in [1.54, 1.807) is 0 Å². The molecule has 0 N–H and O–H groups in total. The molecule has 0 saturated carbocycles. The first kappa shape index (κ1) is 14.7. The number of hydrogen-bond acceptors (Lipinski definition) is 4. The van der Waals surface area contributed by atoms with E-state index in [4.69, 9.17) is 4.74 Å². The van der Waals surface area contributed by atoms with Gasteiger partial charge in [0, 0.05) is 25.7 Å². The highest BCUT2D eigenvalue weighted by molar-refractivity contribution is 5.52. The second-order valence-corrected chi connectivity index (χ2v) is 6.00. The van der Waals surface area contributed by atoms with Crippen molar-refractivity contribution in [3.8, 4) is 0 Å². The molecule has 2 unspecified atom stereocenters. The second kappa shape index (κ2) is 7.16. The normalized spacial score (nSPS) is 27.8. The summed E-state index contributed by atoms with van der Waals surface area (Å²) in [5.41, 5.74) is 1.36. The van der Waals surface area contributed by atoms with Crippen molar-refractivity contribution in [2.45, 2.75) is 31.5 Å². The monoisotopic (exact) mass is 288 g/mol. The summed E-state index contributed by atoms with van der Waals surface area (Å²) >= 11 is 0. The largest absolute Gasteiger partial charge is 0.374 e. The molecule has 0 spiro atoms. The van der Waals surface area contributed by atoms with Crippen molar-refractivity contribution < 1.29 is 9.53 Å². The number of morpholine rings is 1. The number of ether oxygens (including phenoxy) is 1. The van der Waals surface area contributed by atoms with Gasteiger partial charge in [-0.15, -0.1) is 0 Å². The fourth-order valence-electron chi connectivity index (χ4n) is 3.54. The molecule has 0 radical (unpaired) electrons. The van der Waals surface area contributed by atoms with Gasteiger partial charge in [-0.2, -0.15) is 0 Å². The first-order chi connectivity index (χ1) is 10.4. The van der Waals surface area contributed by atoms with E-state index < -0.39 is 0 Å². The summed E-state index contributed by atoms with van der Waals surface area (Å²) in [4.78, 5) is 15.6. The van der Waals surface area contributed by atoms with Gasteiger partial charge in [-0.05, 0) is 24.9 Å². The number of benzene rings is 1. The first-order valence-corrected chi connectivity index (χ1v) is 7.92. The SMILES string of the molecule is O=CCN1CCCC1C1CN(Cc2ccccc2)CCO1. The Morgan fingerprint density at radius 3 is 2.90 bits per heavy atom. The molecule has 114 valence electrons. The van der Waals surface area contributed by atoms with Crippen LogP contribution in [0.4, 0.5) is 0 Å². The van der Waals surface area contributed by atoms with Crippen LogP contribution in [0.25, 0.3) is 0 Å². The predicted octanol–water partition coefficient (Wildman–Crippen LogP) is 1.55. The van der Waals surface area contributed by atoms with E-state index >= 15 is 0 Å². The Morgan fingerprint density at radius 2 is 2.10 bits per heavy atom. The smallest absolute Gasteiger partial charge is 0.133 e. The fourth-order valence-corrected chi connectivity index (χ4v) is 3.54. The van der Waals surface area contributed by atoms with Gasteiger partial charge in [-0.3, -0.25) is 9.80 Å². The Balaban J connectivity index is 1.59. The summed E-state index contributed by atoms with van der Waals surface area (Å²) in [5.74, 6) is 0. The Labute approximate surface area is 126 Å². The van der Waals surface area contributed by atoms with Crippen LogP contribution in [0.1, 0.15) is 18.4 Å². The lowest BCUT2D eigenvalue weighted by molar-refractivity contribution is -0.110. The van der Waals surface area contributed by atoms with Crippen molar-refractivity contribution in [2.24, 2.45) is 0 Å². The lowest BCUT2D eigenvalue weighted by Crippen LogP contribution is -2.51. The maximum Gasteiger partial charge on any atom is 0.133 e.